The zero-order chi connectivity index (χ0) is 17.7. The third-order valence-electron chi connectivity index (χ3n) is 2.96. The SMILES string of the molecule is COc1c(Cl)cc(C(=O)Nc2ccc(OCC(N)=O)cc2)cc1Cl. The summed E-state index contributed by atoms with van der Waals surface area (Å²) < 4.78 is 10.2. The highest BCUT2D eigenvalue weighted by Crippen LogP contribution is 2.34. The van der Waals surface area contributed by atoms with E-state index in [9.17, 15) is 9.59 Å². The zero-order valence-corrected chi connectivity index (χ0v) is 14.1. The van der Waals surface area contributed by atoms with E-state index in [1.165, 1.54) is 19.2 Å². The van der Waals surface area contributed by atoms with Crippen molar-refractivity contribution in [3.63, 3.8) is 0 Å². The topological polar surface area (TPSA) is 90.7 Å². The molecule has 0 aliphatic heterocycles. The average molecular weight is 369 g/mol. The third-order valence-corrected chi connectivity index (χ3v) is 3.52. The van der Waals surface area contributed by atoms with E-state index >= 15 is 0 Å². The minimum atomic E-state index is -0.569. The Morgan fingerprint density at radius 3 is 2.21 bits per heavy atom. The van der Waals surface area contributed by atoms with Gasteiger partial charge in [-0.15, -0.1) is 0 Å². The first kappa shape index (κ1) is 17.9. The zero-order valence-electron chi connectivity index (χ0n) is 12.6. The summed E-state index contributed by atoms with van der Waals surface area (Å²) in [5, 5.41) is 3.18. The first-order valence-corrected chi connectivity index (χ1v) is 7.52. The highest BCUT2D eigenvalue weighted by atomic mass is 35.5. The Morgan fingerprint density at radius 2 is 1.71 bits per heavy atom. The van der Waals surface area contributed by atoms with Crippen LogP contribution < -0.4 is 20.5 Å². The van der Waals surface area contributed by atoms with Gasteiger partial charge in [0.05, 0.1) is 17.2 Å². The normalized spacial score (nSPS) is 10.1. The van der Waals surface area contributed by atoms with Crippen LogP contribution in [-0.2, 0) is 4.79 Å². The van der Waals surface area contributed by atoms with Crippen molar-refractivity contribution in [2.24, 2.45) is 5.73 Å². The minimum absolute atomic E-state index is 0.214. The molecule has 0 atom stereocenters. The molecule has 0 aliphatic rings. The molecule has 6 nitrogen and oxygen atoms in total. The number of amides is 2. The van der Waals surface area contributed by atoms with Gasteiger partial charge in [0.2, 0.25) is 0 Å². The number of primary amides is 1. The van der Waals surface area contributed by atoms with Gasteiger partial charge in [0, 0.05) is 11.3 Å². The van der Waals surface area contributed by atoms with Crippen molar-refractivity contribution in [3.05, 3.63) is 52.0 Å². The second-order valence-corrected chi connectivity index (χ2v) is 5.52. The monoisotopic (exact) mass is 368 g/mol. The lowest BCUT2D eigenvalue weighted by Crippen LogP contribution is -2.20. The van der Waals surface area contributed by atoms with Crippen LogP contribution in [0.15, 0.2) is 36.4 Å². The number of carbonyl (C=O) groups excluding carboxylic acids is 2. The molecule has 0 aromatic heterocycles. The third kappa shape index (κ3) is 4.53. The first-order chi connectivity index (χ1) is 11.4. The number of anilines is 1. The van der Waals surface area contributed by atoms with Crippen molar-refractivity contribution in [2.45, 2.75) is 0 Å². The van der Waals surface area contributed by atoms with E-state index in [0.29, 0.717) is 22.7 Å². The molecule has 0 unspecified atom stereocenters. The molecule has 126 valence electrons. The smallest absolute Gasteiger partial charge is 0.255 e. The highest BCUT2D eigenvalue weighted by molar-refractivity contribution is 6.37. The van der Waals surface area contributed by atoms with Crippen LogP contribution in [0, 0.1) is 0 Å². The maximum absolute atomic E-state index is 12.3. The maximum atomic E-state index is 12.3. The van der Waals surface area contributed by atoms with E-state index in [1.54, 1.807) is 24.3 Å². The van der Waals surface area contributed by atoms with Gasteiger partial charge in [-0.25, -0.2) is 0 Å². The molecule has 0 radical (unpaired) electrons. The Labute approximate surface area is 148 Å². The molecular weight excluding hydrogens is 355 g/mol. The Kier molecular flexibility index (Phi) is 5.89. The van der Waals surface area contributed by atoms with Crippen LogP contribution in [0.25, 0.3) is 0 Å². The molecule has 0 bridgehead atoms. The summed E-state index contributed by atoms with van der Waals surface area (Å²) in [7, 11) is 1.44. The predicted molar refractivity (Wildman–Crippen MR) is 92.1 cm³/mol. The lowest BCUT2D eigenvalue weighted by molar-refractivity contribution is -0.119. The number of rotatable bonds is 6. The molecule has 0 heterocycles. The number of nitrogens with one attached hydrogen (secondary N) is 1. The molecule has 2 aromatic rings. The fraction of sp³-hybridized carbons (Fsp3) is 0.125. The predicted octanol–water partition coefficient (Wildman–Crippen LogP) is 3.12. The molecule has 0 spiro atoms. The number of hydrogen-bond donors (Lipinski definition) is 2. The van der Waals surface area contributed by atoms with E-state index in [2.05, 4.69) is 5.32 Å². The molecule has 2 amide bonds. The summed E-state index contributed by atoms with van der Waals surface area (Å²) in [4.78, 5) is 22.9. The van der Waals surface area contributed by atoms with Gasteiger partial charge in [0.1, 0.15) is 5.75 Å². The molecule has 0 saturated heterocycles. The van der Waals surface area contributed by atoms with Gasteiger partial charge < -0.3 is 20.5 Å². The van der Waals surface area contributed by atoms with Crippen LogP contribution in [0.5, 0.6) is 11.5 Å². The number of methoxy groups -OCH3 is 1. The van der Waals surface area contributed by atoms with Gasteiger partial charge >= 0.3 is 0 Å². The van der Waals surface area contributed by atoms with Gasteiger partial charge in [-0.2, -0.15) is 0 Å². The van der Waals surface area contributed by atoms with Crippen LogP contribution in [0.2, 0.25) is 10.0 Å². The van der Waals surface area contributed by atoms with E-state index in [0.717, 1.165) is 0 Å². The number of carbonyl (C=O) groups is 2. The van der Waals surface area contributed by atoms with Crippen molar-refractivity contribution in [3.8, 4) is 11.5 Å². The van der Waals surface area contributed by atoms with Crippen molar-refractivity contribution < 1.29 is 19.1 Å². The number of halogens is 2. The minimum Gasteiger partial charge on any atom is -0.494 e. The van der Waals surface area contributed by atoms with Gasteiger partial charge in [0.25, 0.3) is 11.8 Å². The van der Waals surface area contributed by atoms with Crippen molar-refractivity contribution >= 4 is 40.7 Å². The van der Waals surface area contributed by atoms with E-state index < -0.39 is 5.91 Å². The fourth-order valence-corrected chi connectivity index (χ4v) is 2.52. The van der Waals surface area contributed by atoms with Crippen LogP contribution in [0.1, 0.15) is 10.4 Å². The van der Waals surface area contributed by atoms with E-state index in [1.807, 2.05) is 0 Å². The Bertz CT molecular complexity index is 740. The Balaban J connectivity index is 2.08. The van der Waals surface area contributed by atoms with Crippen LogP contribution in [0.4, 0.5) is 5.69 Å². The molecule has 8 heteroatoms. The second-order valence-electron chi connectivity index (χ2n) is 4.71. The highest BCUT2D eigenvalue weighted by Gasteiger charge is 2.13. The lowest BCUT2D eigenvalue weighted by atomic mass is 10.2. The summed E-state index contributed by atoms with van der Waals surface area (Å²) in [6.07, 6.45) is 0. The first-order valence-electron chi connectivity index (χ1n) is 6.76. The van der Waals surface area contributed by atoms with Crippen molar-refractivity contribution in [2.75, 3.05) is 19.0 Å². The standard InChI is InChI=1S/C16H14Cl2N2O4/c1-23-15-12(17)6-9(7-13(15)18)16(22)20-10-2-4-11(5-3-10)24-8-14(19)21/h2-7H,8H2,1H3,(H2,19,21)(H,20,22). The largest absolute Gasteiger partial charge is 0.494 e. The molecule has 0 aliphatic carbocycles. The fourth-order valence-electron chi connectivity index (χ4n) is 1.88. The second kappa shape index (κ2) is 7.90. The molecule has 2 rings (SSSR count). The molecule has 2 aromatic carbocycles. The number of hydrogen-bond acceptors (Lipinski definition) is 4. The summed E-state index contributed by atoms with van der Waals surface area (Å²) in [5.41, 5.74) is 5.82. The van der Waals surface area contributed by atoms with E-state index in [4.69, 9.17) is 38.4 Å². The summed E-state index contributed by atoms with van der Waals surface area (Å²) in [6, 6.07) is 9.39. The number of ether oxygens (including phenoxy) is 2. The summed E-state index contributed by atoms with van der Waals surface area (Å²) in [5.74, 6) is -0.180. The molecule has 0 saturated carbocycles. The Morgan fingerprint density at radius 1 is 1.12 bits per heavy atom. The average Bonchev–Trinajstić information content (AvgIpc) is 2.53. The van der Waals surface area contributed by atoms with Crippen molar-refractivity contribution in [1.29, 1.82) is 0 Å². The van der Waals surface area contributed by atoms with E-state index in [-0.39, 0.29) is 22.6 Å². The molecule has 3 N–H and O–H groups in total. The quantitative estimate of drug-likeness (QED) is 0.819. The van der Waals surface area contributed by atoms with Crippen LogP contribution >= 0.6 is 23.2 Å². The lowest BCUT2D eigenvalue weighted by Gasteiger charge is -2.10. The van der Waals surface area contributed by atoms with Crippen LogP contribution in [-0.4, -0.2) is 25.5 Å². The van der Waals surface area contributed by atoms with Gasteiger partial charge in [-0.1, -0.05) is 23.2 Å². The Hall–Kier alpha value is -2.44. The summed E-state index contributed by atoms with van der Waals surface area (Å²) in [6.45, 7) is -0.214. The van der Waals surface area contributed by atoms with Gasteiger partial charge in [-0.3, -0.25) is 9.59 Å². The number of nitrogens with two attached hydrogens (primary N) is 1. The maximum Gasteiger partial charge on any atom is 0.255 e. The van der Waals surface area contributed by atoms with Crippen molar-refractivity contribution in [1.82, 2.24) is 0 Å². The van der Waals surface area contributed by atoms with Gasteiger partial charge in [0.15, 0.2) is 12.4 Å². The molecule has 24 heavy (non-hydrogen) atoms. The molecule has 0 fully saturated rings. The molecular formula is C16H14Cl2N2O4. The van der Waals surface area contributed by atoms with Crippen LogP contribution in [0.3, 0.4) is 0 Å². The summed E-state index contributed by atoms with van der Waals surface area (Å²) >= 11 is 12.0. The van der Waals surface area contributed by atoms with Gasteiger partial charge in [-0.05, 0) is 36.4 Å². The number of benzene rings is 2.